The van der Waals surface area contributed by atoms with Crippen molar-refractivity contribution >= 4 is 32.4 Å². The van der Waals surface area contributed by atoms with E-state index >= 15 is 0 Å². The molecule has 60 valence electrons. The van der Waals surface area contributed by atoms with Crippen LogP contribution in [0.4, 0.5) is 16.2 Å². The van der Waals surface area contributed by atoms with Crippen molar-refractivity contribution in [3.05, 3.63) is 23.8 Å². The molecule has 0 fully saturated rings. The summed E-state index contributed by atoms with van der Waals surface area (Å²) in [5.41, 5.74) is 8.06. The first-order valence-electron chi connectivity index (χ1n) is 3.52. The molecule has 0 unspecified atom stereocenters. The van der Waals surface area contributed by atoms with Crippen molar-refractivity contribution in [2.75, 3.05) is 11.1 Å². The number of nitrogens with one attached hydrogen (secondary N) is 1. The number of anilines is 2. The molecule has 0 aliphatic heterocycles. The Morgan fingerprint density at radius 1 is 1.58 bits per heavy atom. The third-order valence-electron chi connectivity index (χ3n) is 1.55. The number of aryl methyl sites for hydroxylation is 1. The van der Waals surface area contributed by atoms with Crippen molar-refractivity contribution in [3.8, 4) is 0 Å². The Hall–Kier alpha value is -0.978. The van der Waals surface area contributed by atoms with Crippen molar-refractivity contribution < 1.29 is 4.79 Å². The fraction of sp³-hybridized carbons (Fsp3) is 0.125. The van der Waals surface area contributed by atoms with Gasteiger partial charge in [0.1, 0.15) is 4.77 Å². The molecule has 0 spiro atoms. The maximum atomic E-state index is 10.6. The normalized spacial score (nSPS) is 9.42. The first-order chi connectivity index (χ1) is 5.59. The van der Waals surface area contributed by atoms with Crippen molar-refractivity contribution in [2.24, 2.45) is 0 Å². The van der Waals surface area contributed by atoms with Crippen LogP contribution in [0.25, 0.3) is 0 Å². The number of amides is 1. The van der Waals surface area contributed by atoms with Crippen LogP contribution in [0.3, 0.4) is 0 Å². The lowest BCUT2D eigenvalue weighted by molar-refractivity contribution is 0.269. The number of hydrogen-bond donors (Lipinski definition) is 2. The van der Waals surface area contributed by atoms with Crippen LogP contribution in [-0.2, 0) is 0 Å². The first-order valence-corrected chi connectivity index (χ1v) is 4.10. The van der Waals surface area contributed by atoms with E-state index in [0.29, 0.717) is 5.69 Å². The smallest absolute Gasteiger partial charge is 0.281 e. The molecule has 0 aliphatic rings. The summed E-state index contributed by atoms with van der Waals surface area (Å²) in [7, 11) is 0. The summed E-state index contributed by atoms with van der Waals surface area (Å²) in [6.07, 6.45) is 0. The van der Waals surface area contributed by atoms with Crippen LogP contribution in [-0.4, -0.2) is 21.1 Å². The van der Waals surface area contributed by atoms with E-state index in [1.807, 2.05) is 35.3 Å². The lowest BCUT2D eigenvalue weighted by atomic mass is 10.2. The Kier molecular flexibility index (Phi) is 2.75. The Labute approximate surface area is 79.4 Å². The van der Waals surface area contributed by atoms with Gasteiger partial charge in [-0.15, -0.1) is 0 Å². The van der Waals surface area contributed by atoms with Gasteiger partial charge in [-0.05, 0) is 24.6 Å². The van der Waals surface area contributed by atoms with E-state index in [-0.39, 0.29) is 4.77 Å². The van der Waals surface area contributed by atoms with Gasteiger partial charge in [0.15, 0.2) is 0 Å². The molecule has 3 N–H and O–H groups in total. The molecule has 1 aromatic carbocycles. The maximum Gasteiger partial charge on any atom is 0.281 e. The Morgan fingerprint density at radius 2 is 2.25 bits per heavy atom. The number of hydrogen-bond acceptors (Lipinski definition) is 2. The lowest BCUT2D eigenvalue weighted by Gasteiger charge is -2.05. The second-order valence-electron chi connectivity index (χ2n) is 2.56. The highest BCUT2D eigenvalue weighted by Crippen LogP contribution is 2.16. The molecule has 0 aromatic heterocycles. The van der Waals surface area contributed by atoms with Gasteiger partial charge < -0.3 is 15.8 Å². The zero-order valence-electron chi connectivity index (χ0n) is 6.79. The Balaban J connectivity index is 2.89. The molecule has 0 saturated carbocycles. The van der Waals surface area contributed by atoms with Crippen LogP contribution in [0.1, 0.15) is 5.56 Å². The molecule has 0 aliphatic carbocycles. The van der Waals surface area contributed by atoms with Gasteiger partial charge in [-0.25, -0.2) is 0 Å². The van der Waals surface area contributed by atoms with Crippen LogP contribution in [0.15, 0.2) is 18.2 Å². The molecule has 3 nitrogen and oxygen atoms in total. The van der Waals surface area contributed by atoms with Gasteiger partial charge >= 0.3 is 0 Å². The standard InChI is InChI=1S/C8H9N2O.Al/c1-6-2-3-7(10-5-11)4-8(6)9;/h2-4H,9H2,1H3,(H,10,11);. The zero-order chi connectivity index (χ0) is 9.14. The summed E-state index contributed by atoms with van der Waals surface area (Å²) in [5, 5.41) is 2.62. The molecular weight excluding hydrogens is 167 g/mol. The first kappa shape index (κ1) is 9.11. The minimum atomic E-state index is -0.168. The predicted molar refractivity (Wildman–Crippen MR) is 50.4 cm³/mol. The van der Waals surface area contributed by atoms with E-state index in [1.54, 1.807) is 6.07 Å². The van der Waals surface area contributed by atoms with Crippen LogP contribution >= 0.6 is 0 Å². The highest BCUT2D eigenvalue weighted by molar-refractivity contribution is 6.60. The minimum absolute atomic E-state index is 0.168. The number of nitrogen functional groups attached to an aromatic ring is 1. The van der Waals surface area contributed by atoms with Crippen LogP contribution < -0.4 is 11.1 Å². The van der Waals surface area contributed by atoms with Gasteiger partial charge in [0, 0.05) is 11.4 Å². The zero-order valence-corrected chi connectivity index (χ0v) is 7.95. The van der Waals surface area contributed by atoms with E-state index < -0.39 is 0 Å². The minimum Gasteiger partial charge on any atom is -0.398 e. The van der Waals surface area contributed by atoms with E-state index in [1.165, 1.54) is 0 Å². The van der Waals surface area contributed by atoms with Gasteiger partial charge in [0.05, 0.1) is 0 Å². The summed E-state index contributed by atoms with van der Waals surface area (Å²) in [6, 6.07) is 5.41. The van der Waals surface area contributed by atoms with Crippen molar-refractivity contribution in [1.82, 2.24) is 0 Å². The van der Waals surface area contributed by atoms with Gasteiger partial charge in [0.2, 0.25) is 0 Å². The fourth-order valence-corrected chi connectivity index (χ4v) is 1.03. The molecule has 0 atom stereocenters. The van der Waals surface area contributed by atoms with Gasteiger partial charge in [-0.2, -0.15) is 0 Å². The maximum absolute atomic E-state index is 10.6. The van der Waals surface area contributed by atoms with E-state index in [2.05, 4.69) is 5.32 Å². The number of rotatable bonds is 1. The van der Waals surface area contributed by atoms with Gasteiger partial charge in [-0.1, -0.05) is 6.07 Å². The quantitative estimate of drug-likeness (QED) is 0.500. The van der Waals surface area contributed by atoms with E-state index in [9.17, 15) is 4.79 Å². The van der Waals surface area contributed by atoms with Crippen molar-refractivity contribution in [1.29, 1.82) is 0 Å². The predicted octanol–water partition coefficient (Wildman–Crippen LogP) is 1.28. The molecule has 1 rings (SSSR count). The lowest BCUT2D eigenvalue weighted by Crippen LogP contribution is -2.08. The summed E-state index contributed by atoms with van der Waals surface area (Å²) in [5.74, 6) is 0. The third kappa shape index (κ3) is 2.26. The van der Waals surface area contributed by atoms with Crippen molar-refractivity contribution in [3.63, 3.8) is 0 Å². The van der Waals surface area contributed by atoms with E-state index in [0.717, 1.165) is 11.3 Å². The molecule has 1 aromatic rings. The molecule has 2 radical (unpaired) electrons. The second-order valence-corrected chi connectivity index (χ2v) is 3.08. The number of benzene rings is 1. The number of carbonyl (C=O) groups is 1. The Bertz CT molecular complexity index is 312. The highest BCUT2D eigenvalue weighted by Gasteiger charge is 1.96. The summed E-state index contributed by atoms with van der Waals surface area (Å²) in [4.78, 5) is 10.6. The molecule has 4 heteroatoms. The van der Waals surface area contributed by atoms with Crippen LogP contribution in [0, 0.1) is 6.92 Å². The van der Waals surface area contributed by atoms with Gasteiger partial charge in [-0.3, -0.25) is 0 Å². The molecule has 0 heterocycles. The van der Waals surface area contributed by atoms with Gasteiger partial charge in [0.25, 0.3) is 16.3 Å². The van der Waals surface area contributed by atoms with Crippen LogP contribution in [0.5, 0.6) is 0 Å². The van der Waals surface area contributed by atoms with E-state index in [4.69, 9.17) is 5.73 Å². The highest BCUT2D eigenvalue weighted by atomic mass is 27.0. The number of carbonyl (C=O) groups excluding carboxylic acids is 1. The molecule has 0 saturated heterocycles. The molecular formula is C8H9AlN2O. The monoisotopic (exact) mass is 176 g/mol. The number of nitrogens with two attached hydrogens (primary N) is 1. The molecule has 12 heavy (non-hydrogen) atoms. The fourth-order valence-electron chi connectivity index (χ4n) is 0.860. The summed E-state index contributed by atoms with van der Waals surface area (Å²) in [6.45, 7) is 1.92. The molecule has 1 amide bonds. The molecule has 0 bridgehead atoms. The summed E-state index contributed by atoms with van der Waals surface area (Å²) < 4.78 is -0.168. The van der Waals surface area contributed by atoms with Crippen molar-refractivity contribution in [2.45, 2.75) is 6.92 Å². The topological polar surface area (TPSA) is 55.1 Å². The largest absolute Gasteiger partial charge is 0.398 e. The Morgan fingerprint density at radius 3 is 2.75 bits per heavy atom. The summed E-state index contributed by atoms with van der Waals surface area (Å²) >= 11 is 2.04. The second kappa shape index (κ2) is 3.62. The average molecular weight is 176 g/mol. The van der Waals surface area contributed by atoms with Crippen LogP contribution in [0.2, 0.25) is 0 Å². The SMILES string of the molecule is Cc1ccc(N[C](=O)[Al])cc1N. The average Bonchev–Trinajstić information content (AvgIpc) is 1.96. The third-order valence-corrected chi connectivity index (χ3v) is 1.69.